The van der Waals surface area contributed by atoms with Crippen molar-refractivity contribution >= 4 is 11.6 Å². The Kier molecular flexibility index (Phi) is 6.63. The Hall–Kier alpha value is -1.85. The lowest BCUT2D eigenvalue weighted by Crippen LogP contribution is -2.63. The molecular formula is C20H21ClF2O7. The zero-order chi connectivity index (χ0) is 22.2. The van der Waals surface area contributed by atoms with Crippen LogP contribution in [-0.4, -0.2) is 63.7 Å². The average molecular weight is 447 g/mol. The monoisotopic (exact) mass is 446 g/mol. The topological polar surface area (TPSA) is 120 Å². The average Bonchev–Trinajstić information content (AvgIpc) is 2.72. The lowest BCUT2D eigenvalue weighted by atomic mass is 9.87. The van der Waals surface area contributed by atoms with E-state index < -0.39 is 48.4 Å². The third kappa shape index (κ3) is 4.02. The van der Waals surface area contributed by atoms with E-state index in [0.29, 0.717) is 0 Å². The Morgan fingerprint density at radius 1 is 1.10 bits per heavy atom. The molecule has 5 atom stereocenters. The molecule has 1 heterocycles. The van der Waals surface area contributed by atoms with Crippen LogP contribution in [0, 0.1) is 11.6 Å². The summed E-state index contributed by atoms with van der Waals surface area (Å²) in [7, 11) is 1.27. The molecule has 0 radical (unpaired) electrons. The number of hydrogen-bond acceptors (Lipinski definition) is 7. The first-order valence-corrected chi connectivity index (χ1v) is 9.36. The standard InChI is InChI=1S/C20H21ClF2O7/c1-29-11-6-14(22)12(15(23)7-11)5-9-4-10(2-3-13(9)21)20(28)19(27)18(26)17(25)16(8-24)30-20/h2-4,6-7,16-19,24-28H,5,8H2,1H3/t16-,17-,18+,19-,20+/m1/s1. The summed E-state index contributed by atoms with van der Waals surface area (Å²) in [6.45, 7) is -0.740. The Labute approximate surface area is 175 Å². The van der Waals surface area contributed by atoms with Gasteiger partial charge in [-0.25, -0.2) is 8.78 Å². The number of aliphatic hydroxyl groups is 5. The van der Waals surface area contributed by atoms with Crippen LogP contribution in [-0.2, 0) is 16.9 Å². The summed E-state index contributed by atoms with van der Waals surface area (Å²) in [5, 5.41) is 50.6. The van der Waals surface area contributed by atoms with Crippen LogP contribution in [0.3, 0.4) is 0 Å². The minimum Gasteiger partial charge on any atom is -0.497 e. The molecule has 2 aromatic carbocycles. The molecule has 3 rings (SSSR count). The van der Waals surface area contributed by atoms with Gasteiger partial charge in [0.05, 0.1) is 13.7 Å². The van der Waals surface area contributed by atoms with Gasteiger partial charge in [0.2, 0.25) is 5.79 Å². The third-order valence-electron chi connectivity index (χ3n) is 5.14. The van der Waals surface area contributed by atoms with Crippen LogP contribution < -0.4 is 4.74 Å². The van der Waals surface area contributed by atoms with E-state index in [2.05, 4.69) is 0 Å². The molecule has 2 aromatic rings. The number of ether oxygens (including phenoxy) is 2. The normalized spacial score (nSPS) is 29.1. The molecule has 1 saturated heterocycles. The van der Waals surface area contributed by atoms with E-state index in [1.165, 1.54) is 25.3 Å². The lowest BCUT2D eigenvalue weighted by molar-refractivity contribution is -0.357. The molecule has 0 aromatic heterocycles. The van der Waals surface area contributed by atoms with Crippen LogP contribution in [0.25, 0.3) is 0 Å². The molecule has 1 aliphatic heterocycles. The van der Waals surface area contributed by atoms with Gasteiger partial charge in [-0.05, 0) is 17.7 Å². The van der Waals surface area contributed by atoms with E-state index in [9.17, 15) is 34.3 Å². The van der Waals surface area contributed by atoms with Gasteiger partial charge in [0.1, 0.15) is 41.8 Å². The molecule has 0 unspecified atom stereocenters. The van der Waals surface area contributed by atoms with Crippen molar-refractivity contribution in [2.45, 2.75) is 36.6 Å². The van der Waals surface area contributed by atoms with Gasteiger partial charge < -0.3 is 35.0 Å². The summed E-state index contributed by atoms with van der Waals surface area (Å²) in [5.74, 6) is -4.23. The van der Waals surface area contributed by atoms with Crippen LogP contribution in [0.1, 0.15) is 16.7 Å². The van der Waals surface area contributed by atoms with Crippen LogP contribution in [0.15, 0.2) is 30.3 Å². The van der Waals surface area contributed by atoms with E-state index >= 15 is 0 Å². The summed E-state index contributed by atoms with van der Waals surface area (Å²) in [6.07, 6.45) is -7.12. The van der Waals surface area contributed by atoms with Crippen molar-refractivity contribution in [1.82, 2.24) is 0 Å². The third-order valence-corrected chi connectivity index (χ3v) is 5.51. The summed E-state index contributed by atoms with van der Waals surface area (Å²) in [4.78, 5) is 0. The van der Waals surface area contributed by atoms with Crippen LogP contribution in [0.4, 0.5) is 8.78 Å². The van der Waals surface area contributed by atoms with Crippen molar-refractivity contribution < 1.29 is 43.8 Å². The molecule has 30 heavy (non-hydrogen) atoms. The molecule has 0 spiro atoms. The second-order valence-electron chi connectivity index (χ2n) is 7.01. The predicted molar refractivity (Wildman–Crippen MR) is 101 cm³/mol. The fraction of sp³-hybridized carbons (Fsp3) is 0.400. The van der Waals surface area contributed by atoms with Gasteiger partial charge in [-0.1, -0.05) is 17.7 Å². The van der Waals surface area contributed by atoms with Gasteiger partial charge in [0.25, 0.3) is 0 Å². The largest absolute Gasteiger partial charge is 0.497 e. The van der Waals surface area contributed by atoms with Crippen LogP contribution >= 0.6 is 11.6 Å². The zero-order valence-electron chi connectivity index (χ0n) is 15.8. The molecule has 1 fully saturated rings. The van der Waals surface area contributed by atoms with Crippen molar-refractivity contribution in [3.63, 3.8) is 0 Å². The number of hydrogen-bond donors (Lipinski definition) is 5. The van der Waals surface area contributed by atoms with Gasteiger partial charge >= 0.3 is 0 Å². The second kappa shape index (κ2) is 8.72. The summed E-state index contributed by atoms with van der Waals surface area (Å²) in [6, 6.07) is 5.90. The molecule has 0 aliphatic carbocycles. The fourth-order valence-corrected chi connectivity index (χ4v) is 3.57. The van der Waals surface area contributed by atoms with E-state index in [1.807, 2.05) is 0 Å². The minimum atomic E-state index is -2.51. The number of aliphatic hydroxyl groups excluding tert-OH is 4. The van der Waals surface area contributed by atoms with Crippen molar-refractivity contribution in [2.24, 2.45) is 0 Å². The maximum absolute atomic E-state index is 14.3. The molecule has 7 nitrogen and oxygen atoms in total. The molecule has 0 amide bonds. The summed E-state index contributed by atoms with van der Waals surface area (Å²) in [5.41, 5.74) is -0.189. The van der Waals surface area contributed by atoms with E-state index in [4.69, 9.17) is 21.1 Å². The first kappa shape index (κ1) is 22.8. The fourth-order valence-electron chi connectivity index (χ4n) is 3.38. The summed E-state index contributed by atoms with van der Waals surface area (Å²) < 4.78 is 38.8. The maximum Gasteiger partial charge on any atom is 0.222 e. The first-order chi connectivity index (χ1) is 14.1. The highest BCUT2D eigenvalue weighted by atomic mass is 35.5. The predicted octanol–water partition coefficient (Wildman–Crippen LogP) is 0.836. The highest BCUT2D eigenvalue weighted by Crippen LogP contribution is 2.38. The Morgan fingerprint density at radius 2 is 1.73 bits per heavy atom. The number of halogens is 3. The minimum absolute atomic E-state index is 0.00391. The van der Waals surface area contributed by atoms with Gasteiger partial charge in [-0.2, -0.15) is 0 Å². The van der Waals surface area contributed by atoms with Crippen LogP contribution in [0.5, 0.6) is 5.75 Å². The van der Waals surface area contributed by atoms with Gasteiger partial charge in [0, 0.05) is 34.7 Å². The second-order valence-corrected chi connectivity index (χ2v) is 7.42. The van der Waals surface area contributed by atoms with Crippen molar-refractivity contribution in [1.29, 1.82) is 0 Å². The molecule has 0 saturated carbocycles. The van der Waals surface area contributed by atoms with Gasteiger partial charge in [0.15, 0.2) is 0 Å². The SMILES string of the molecule is COc1cc(F)c(Cc2cc([C@]3(O)O[C@H](CO)[C@@H](O)[C@H](O)[C@H]3O)ccc2Cl)c(F)c1. The van der Waals surface area contributed by atoms with Crippen molar-refractivity contribution in [3.05, 3.63) is 63.7 Å². The van der Waals surface area contributed by atoms with Gasteiger partial charge in [-0.15, -0.1) is 0 Å². The number of rotatable bonds is 5. The molecular weight excluding hydrogens is 426 g/mol. The Bertz CT molecular complexity index is 903. The van der Waals surface area contributed by atoms with E-state index in [-0.39, 0.29) is 33.9 Å². The van der Waals surface area contributed by atoms with Gasteiger partial charge in [-0.3, -0.25) is 0 Å². The Morgan fingerprint density at radius 3 is 2.30 bits per heavy atom. The Balaban J connectivity index is 2.00. The zero-order valence-corrected chi connectivity index (χ0v) is 16.6. The molecule has 1 aliphatic rings. The maximum atomic E-state index is 14.3. The van der Waals surface area contributed by atoms with Crippen molar-refractivity contribution in [2.75, 3.05) is 13.7 Å². The van der Waals surface area contributed by atoms with Crippen LogP contribution in [0.2, 0.25) is 5.02 Å². The molecule has 10 heteroatoms. The lowest BCUT2D eigenvalue weighted by Gasteiger charge is -2.45. The summed E-state index contributed by atoms with van der Waals surface area (Å²) >= 11 is 6.15. The highest BCUT2D eigenvalue weighted by molar-refractivity contribution is 6.31. The first-order valence-electron chi connectivity index (χ1n) is 8.98. The molecule has 0 bridgehead atoms. The number of methoxy groups -OCH3 is 1. The number of benzene rings is 2. The smallest absolute Gasteiger partial charge is 0.222 e. The molecule has 164 valence electrons. The molecule has 5 N–H and O–H groups in total. The van der Waals surface area contributed by atoms with Crippen molar-refractivity contribution in [3.8, 4) is 5.75 Å². The van der Waals surface area contributed by atoms with E-state index in [0.717, 1.165) is 12.1 Å². The quantitative estimate of drug-likeness (QED) is 0.461. The van der Waals surface area contributed by atoms with E-state index in [1.54, 1.807) is 0 Å². The highest BCUT2D eigenvalue weighted by Gasteiger charge is 2.53.